The summed E-state index contributed by atoms with van der Waals surface area (Å²) < 4.78 is 0. The van der Waals surface area contributed by atoms with Crippen molar-refractivity contribution in [2.75, 3.05) is 13.1 Å². The van der Waals surface area contributed by atoms with Gasteiger partial charge in [0, 0.05) is 12.1 Å². The van der Waals surface area contributed by atoms with Crippen LogP contribution in [0.15, 0.2) is 0 Å². The lowest BCUT2D eigenvalue weighted by atomic mass is 9.90. The highest BCUT2D eigenvalue weighted by atomic mass is 15.0. The highest BCUT2D eigenvalue weighted by Crippen LogP contribution is 2.29. The van der Waals surface area contributed by atoms with Crippen molar-refractivity contribution < 1.29 is 0 Å². The van der Waals surface area contributed by atoms with E-state index in [1.807, 2.05) is 0 Å². The maximum absolute atomic E-state index is 5.88. The van der Waals surface area contributed by atoms with Crippen molar-refractivity contribution in [1.29, 1.82) is 0 Å². The second-order valence-corrected chi connectivity index (χ2v) is 4.55. The Morgan fingerprint density at radius 1 is 1.38 bits per heavy atom. The first-order valence-corrected chi connectivity index (χ1v) is 5.67. The standard InChI is InChI=1S/C11H24N2/c1-3-13-11(9-12)7-4-5-10(2)6-8-11/h10,13H,3-9,12H2,1-2H3. The molecule has 1 aliphatic carbocycles. The molecule has 3 N–H and O–H groups in total. The van der Waals surface area contributed by atoms with Gasteiger partial charge in [0.2, 0.25) is 0 Å². The Morgan fingerprint density at radius 2 is 2.15 bits per heavy atom. The summed E-state index contributed by atoms with van der Waals surface area (Å²) in [6.45, 7) is 6.38. The normalized spacial score (nSPS) is 35.8. The number of rotatable bonds is 3. The average Bonchev–Trinajstić information content (AvgIpc) is 2.30. The van der Waals surface area contributed by atoms with E-state index in [1.165, 1.54) is 32.1 Å². The zero-order valence-electron chi connectivity index (χ0n) is 9.10. The number of likely N-dealkylation sites (N-methyl/N-ethyl adjacent to an activating group) is 1. The van der Waals surface area contributed by atoms with Crippen LogP contribution < -0.4 is 11.1 Å². The molecule has 2 unspecified atom stereocenters. The topological polar surface area (TPSA) is 38.0 Å². The summed E-state index contributed by atoms with van der Waals surface area (Å²) in [4.78, 5) is 0. The molecule has 0 radical (unpaired) electrons. The molecule has 0 aliphatic heterocycles. The third-order valence-electron chi connectivity index (χ3n) is 3.41. The van der Waals surface area contributed by atoms with E-state index in [9.17, 15) is 0 Å². The van der Waals surface area contributed by atoms with Gasteiger partial charge in [0.15, 0.2) is 0 Å². The molecule has 13 heavy (non-hydrogen) atoms. The molecule has 0 spiro atoms. The molecular formula is C11H24N2. The Hall–Kier alpha value is -0.0800. The molecule has 0 aromatic heterocycles. The van der Waals surface area contributed by atoms with Crippen LogP contribution in [-0.2, 0) is 0 Å². The Kier molecular flexibility index (Phi) is 4.20. The highest BCUT2D eigenvalue weighted by Gasteiger charge is 2.29. The summed E-state index contributed by atoms with van der Waals surface area (Å²) >= 11 is 0. The maximum Gasteiger partial charge on any atom is 0.0304 e. The first-order chi connectivity index (χ1) is 6.22. The zero-order valence-corrected chi connectivity index (χ0v) is 9.10. The number of hydrogen-bond donors (Lipinski definition) is 2. The van der Waals surface area contributed by atoms with E-state index < -0.39 is 0 Å². The first kappa shape index (κ1) is 11.0. The summed E-state index contributed by atoms with van der Waals surface area (Å²) in [5, 5.41) is 3.58. The van der Waals surface area contributed by atoms with Gasteiger partial charge in [-0.05, 0) is 31.7 Å². The molecular weight excluding hydrogens is 160 g/mol. The van der Waals surface area contributed by atoms with Crippen LogP contribution in [0.1, 0.15) is 46.0 Å². The molecule has 0 aromatic carbocycles. The summed E-state index contributed by atoms with van der Waals surface area (Å²) in [6, 6.07) is 0. The van der Waals surface area contributed by atoms with E-state index in [2.05, 4.69) is 19.2 Å². The summed E-state index contributed by atoms with van der Waals surface area (Å²) in [6.07, 6.45) is 6.59. The van der Waals surface area contributed by atoms with Crippen LogP contribution in [0.25, 0.3) is 0 Å². The average molecular weight is 184 g/mol. The molecule has 0 heterocycles. The fourth-order valence-corrected chi connectivity index (χ4v) is 2.41. The van der Waals surface area contributed by atoms with E-state index in [0.29, 0.717) is 0 Å². The molecule has 2 atom stereocenters. The predicted molar refractivity (Wildman–Crippen MR) is 57.7 cm³/mol. The van der Waals surface area contributed by atoms with Gasteiger partial charge in [-0.3, -0.25) is 0 Å². The van der Waals surface area contributed by atoms with E-state index in [1.54, 1.807) is 0 Å². The van der Waals surface area contributed by atoms with Gasteiger partial charge in [0.1, 0.15) is 0 Å². The van der Waals surface area contributed by atoms with Crippen LogP contribution in [0, 0.1) is 5.92 Å². The largest absolute Gasteiger partial charge is 0.329 e. The Labute approximate surface area is 82.3 Å². The van der Waals surface area contributed by atoms with Gasteiger partial charge in [-0.2, -0.15) is 0 Å². The van der Waals surface area contributed by atoms with Crippen molar-refractivity contribution in [2.24, 2.45) is 11.7 Å². The lowest BCUT2D eigenvalue weighted by Crippen LogP contribution is -2.50. The quantitative estimate of drug-likeness (QED) is 0.657. The molecule has 2 nitrogen and oxygen atoms in total. The van der Waals surface area contributed by atoms with Crippen LogP contribution in [0.5, 0.6) is 0 Å². The van der Waals surface area contributed by atoms with Crippen LogP contribution in [0.3, 0.4) is 0 Å². The van der Waals surface area contributed by atoms with Crippen molar-refractivity contribution in [3.05, 3.63) is 0 Å². The van der Waals surface area contributed by atoms with Gasteiger partial charge < -0.3 is 11.1 Å². The lowest BCUT2D eigenvalue weighted by Gasteiger charge is -2.32. The number of nitrogens with one attached hydrogen (secondary N) is 1. The van der Waals surface area contributed by atoms with Crippen LogP contribution in [-0.4, -0.2) is 18.6 Å². The third-order valence-corrected chi connectivity index (χ3v) is 3.41. The predicted octanol–water partition coefficient (Wildman–Crippen LogP) is 1.89. The summed E-state index contributed by atoms with van der Waals surface area (Å²) in [5.74, 6) is 0.895. The van der Waals surface area contributed by atoms with Crippen molar-refractivity contribution >= 4 is 0 Å². The second kappa shape index (κ2) is 4.97. The SMILES string of the molecule is CCNC1(CN)CCCC(C)CC1. The molecule has 78 valence electrons. The fraction of sp³-hybridized carbons (Fsp3) is 1.00. The minimum Gasteiger partial charge on any atom is -0.329 e. The smallest absolute Gasteiger partial charge is 0.0304 e. The Morgan fingerprint density at radius 3 is 2.77 bits per heavy atom. The molecule has 1 fully saturated rings. The van der Waals surface area contributed by atoms with Gasteiger partial charge in [-0.1, -0.05) is 26.7 Å². The van der Waals surface area contributed by atoms with Gasteiger partial charge >= 0.3 is 0 Å². The van der Waals surface area contributed by atoms with Crippen molar-refractivity contribution in [3.63, 3.8) is 0 Å². The maximum atomic E-state index is 5.88. The Balaban J connectivity index is 2.53. The van der Waals surface area contributed by atoms with Gasteiger partial charge in [-0.15, -0.1) is 0 Å². The highest BCUT2D eigenvalue weighted by molar-refractivity contribution is 4.91. The molecule has 0 saturated heterocycles. The zero-order chi connectivity index (χ0) is 9.73. The summed E-state index contributed by atoms with van der Waals surface area (Å²) in [5.41, 5.74) is 6.14. The van der Waals surface area contributed by atoms with Crippen LogP contribution >= 0.6 is 0 Å². The molecule has 0 bridgehead atoms. The fourth-order valence-electron chi connectivity index (χ4n) is 2.41. The number of nitrogens with two attached hydrogens (primary N) is 1. The second-order valence-electron chi connectivity index (χ2n) is 4.55. The minimum atomic E-state index is 0.263. The molecule has 1 saturated carbocycles. The number of hydrogen-bond acceptors (Lipinski definition) is 2. The van der Waals surface area contributed by atoms with Crippen molar-refractivity contribution in [2.45, 2.75) is 51.5 Å². The first-order valence-electron chi connectivity index (χ1n) is 5.67. The minimum absolute atomic E-state index is 0.263. The molecule has 1 aliphatic rings. The van der Waals surface area contributed by atoms with Crippen molar-refractivity contribution in [1.82, 2.24) is 5.32 Å². The van der Waals surface area contributed by atoms with Gasteiger partial charge in [0.05, 0.1) is 0 Å². The van der Waals surface area contributed by atoms with E-state index in [4.69, 9.17) is 5.73 Å². The monoisotopic (exact) mass is 184 g/mol. The third kappa shape index (κ3) is 2.96. The Bertz CT molecular complexity index is 147. The van der Waals surface area contributed by atoms with Gasteiger partial charge in [-0.25, -0.2) is 0 Å². The summed E-state index contributed by atoms with van der Waals surface area (Å²) in [7, 11) is 0. The lowest BCUT2D eigenvalue weighted by molar-refractivity contribution is 0.296. The molecule has 1 rings (SSSR count). The van der Waals surface area contributed by atoms with Crippen LogP contribution in [0.2, 0.25) is 0 Å². The van der Waals surface area contributed by atoms with Crippen LogP contribution in [0.4, 0.5) is 0 Å². The van der Waals surface area contributed by atoms with E-state index in [0.717, 1.165) is 19.0 Å². The van der Waals surface area contributed by atoms with E-state index >= 15 is 0 Å². The molecule has 0 amide bonds. The molecule has 2 heteroatoms. The van der Waals surface area contributed by atoms with Crippen molar-refractivity contribution in [3.8, 4) is 0 Å². The molecule has 0 aromatic rings. The van der Waals surface area contributed by atoms with E-state index in [-0.39, 0.29) is 5.54 Å². The van der Waals surface area contributed by atoms with Gasteiger partial charge in [0.25, 0.3) is 0 Å².